The van der Waals surface area contributed by atoms with Crippen LogP contribution in [-0.4, -0.2) is 11.2 Å². The summed E-state index contributed by atoms with van der Waals surface area (Å²) in [5.74, 6) is 0. The van der Waals surface area contributed by atoms with Crippen molar-refractivity contribution in [1.82, 2.24) is 4.98 Å². The molecule has 126 valence electrons. The molecule has 4 heteroatoms. The van der Waals surface area contributed by atoms with E-state index in [-0.39, 0.29) is 0 Å². The van der Waals surface area contributed by atoms with Crippen LogP contribution in [-0.2, 0) is 0 Å². The average Bonchev–Trinajstić information content (AvgIpc) is 3.13. The van der Waals surface area contributed by atoms with Crippen LogP contribution in [0.15, 0.2) is 89.9 Å². The number of nitrogens with zero attached hydrogens (tertiary/aromatic N) is 2. The van der Waals surface area contributed by atoms with Crippen molar-refractivity contribution in [2.75, 3.05) is 0 Å². The number of halogens is 1. The molecule has 0 fully saturated rings. The standard InChI is InChI=1S/C22H15ClN2S/c23-19-13-11-17(12-14-19)20-21(18-9-5-2-6-10-18)26-22(25-20)24-15-16-7-3-1-4-8-16/h1-15H. The maximum absolute atomic E-state index is 6.04. The quantitative estimate of drug-likeness (QED) is 0.357. The maximum atomic E-state index is 6.04. The van der Waals surface area contributed by atoms with Gasteiger partial charge in [0.25, 0.3) is 0 Å². The second kappa shape index (κ2) is 7.65. The molecule has 0 radical (unpaired) electrons. The minimum absolute atomic E-state index is 0.715. The van der Waals surface area contributed by atoms with Crippen molar-refractivity contribution in [1.29, 1.82) is 0 Å². The van der Waals surface area contributed by atoms with Gasteiger partial charge in [-0.15, -0.1) is 0 Å². The summed E-state index contributed by atoms with van der Waals surface area (Å²) in [6.07, 6.45) is 1.85. The number of rotatable bonds is 4. The summed E-state index contributed by atoms with van der Waals surface area (Å²) in [6, 6.07) is 28.1. The van der Waals surface area contributed by atoms with Gasteiger partial charge in [-0.3, -0.25) is 0 Å². The molecule has 2 nitrogen and oxygen atoms in total. The lowest BCUT2D eigenvalue weighted by Crippen LogP contribution is -1.82. The molecule has 26 heavy (non-hydrogen) atoms. The van der Waals surface area contributed by atoms with Crippen LogP contribution in [0.4, 0.5) is 5.13 Å². The highest BCUT2D eigenvalue weighted by molar-refractivity contribution is 7.19. The molecular formula is C22H15ClN2S. The van der Waals surface area contributed by atoms with Crippen LogP contribution in [0, 0.1) is 0 Å². The Hall–Kier alpha value is -2.75. The molecule has 0 amide bonds. The largest absolute Gasteiger partial charge is 0.227 e. The van der Waals surface area contributed by atoms with E-state index in [1.54, 1.807) is 11.3 Å². The summed E-state index contributed by atoms with van der Waals surface area (Å²) in [5.41, 5.74) is 4.15. The van der Waals surface area contributed by atoms with Gasteiger partial charge in [0.15, 0.2) is 0 Å². The lowest BCUT2D eigenvalue weighted by Gasteiger charge is -2.02. The molecule has 0 N–H and O–H groups in total. The molecule has 1 aromatic heterocycles. The number of thiazole rings is 1. The highest BCUT2D eigenvalue weighted by Crippen LogP contribution is 2.40. The Bertz CT molecular complexity index is 1020. The van der Waals surface area contributed by atoms with E-state index in [4.69, 9.17) is 16.6 Å². The van der Waals surface area contributed by atoms with Crippen LogP contribution >= 0.6 is 22.9 Å². The van der Waals surface area contributed by atoms with Gasteiger partial charge in [0.1, 0.15) is 0 Å². The molecule has 0 spiro atoms. The van der Waals surface area contributed by atoms with Crippen LogP contribution < -0.4 is 0 Å². The van der Waals surface area contributed by atoms with Gasteiger partial charge in [0.05, 0.1) is 10.6 Å². The van der Waals surface area contributed by atoms with Gasteiger partial charge >= 0.3 is 0 Å². The third kappa shape index (κ3) is 3.74. The number of hydrogen-bond donors (Lipinski definition) is 0. The van der Waals surface area contributed by atoms with E-state index in [1.165, 1.54) is 0 Å². The molecule has 0 bridgehead atoms. The maximum Gasteiger partial charge on any atom is 0.210 e. The first-order chi connectivity index (χ1) is 12.8. The molecule has 0 aliphatic rings. The Labute approximate surface area is 161 Å². The Kier molecular flexibility index (Phi) is 4.91. The van der Waals surface area contributed by atoms with Crippen molar-refractivity contribution < 1.29 is 0 Å². The van der Waals surface area contributed by atoms with Crippen molar-refractivity contribution in [2.24, 2.45) is 4.99 Å². The van der Waals surface area contributed by atoms with Crippen LogP contribution in [0.25, 0.3) is 21.7 Å². The highest BCUT2D eigenvalue weighted by Gasteiger charge is 2.14. The Balaban J connectivity index is 1.77. The Morgan fingerprint density at radius 3 is 2.12 bits per heavy atom. The summed E-state index contributed by atoms with van der Waals surface area (Å²) in [7, 11) is 0. The summed E-state index contributed by atoms with van der Waals surface area (Å²) >= 11 is 7.63. The SMILES string of the molecule is Clc1ccc(-c2nc(N=Cc3ccccc3)sc2-c2ccccc2)cc1. The summed E-state index contributed by atoms with van der Waals surface area (Å²) in [6.45, 7) is 0. The van der Waals surface area contributed by atoms with Crippen LogP contribution in [0.1, 0.15) is 5.56 Å². The van der Waals surface area contributed by atoms with E-state index < -0.39 is 0 Å². The molecular weight excluding hydrogens is 360 g/mol. The van der Waals surface area contributed by atoms with Gasteiger partial charge in [-0.05, 0) is 23.3 Å². The zero-order valence-corrected chi connectivity index (χ0v) is 15.4. The molecule has 0 aliphatic heterocycles. The van der Waals surface area contributed by atoms with E-state index in [1.807, 2.05) is 79.0 Å². The fraction of sp³-hybridized carbons (Fsp3) is 0. The zero-order chi connectivity index (χ0) is 17.8. The molecule has 1 heterocycles. The van der Waals surface area contributed by atoms with Gasteiger partial charge in [-0.1, -0.05) is 95.7 Å². The number of aromatic nitrogens is 1. The number of benzene rings is 3. The van der Waals surface area contributed by atoms with Gasteiger partial charge in [0, 0.05) is 16.8 Å². The fourth-order valence-electron chi connectivity index (χ4n) is 2.62. The molecule has 4 rings (SSSR count). The molecule has 0 aliphatic carbocycles. The minimum Gasteiger partial charge on any atom is -0.227 e. The van der Waals surface area contributed by atoms with Crippen molar-refractivity contribution >= 4 is 34.3 Å². The van der Waals surface area contributed by atoms with E-state index in [9.17, 15) is 0 Å². The second-order valence-electron chi connectivity index (χ2n) is 5.72. The van der Waals surface area contributed by atoms with Crippen LogP contribution in [0.5, 0.6) is 0 Å². The van der Waals surface area contributed by atoms with Crippen molar-refractivity contribution in [3.63, 3.8) is 0 Å². The van der Waals surface area contributed by atoms with Gasteiger partial charge in [-0.2, -0.15) is 0 Å². The van der Waals surface area contributed by atoms with Crippen molar-refractivity contribution in [3.05, 3.63) is 95.5 Å². The molecule has 0 saturated heterocycles. The topological polar surface area (TPSA) is 25.2 Å². The zero-order valence-electron chi connectivity index (χ0n) is 13.8. The monoisotopic (exact) mass is 374 g/mol. The lowest BCUT2D eigenvalue weighted by atomic mass is 10.1. The Morgan fingerprint density at radius 2 is 1.42 bits per heavy atom. The summed E-state index contributed by atoms with van der Waals surface area (Å²) in [5, 5.41) is 1.45. The molecule has 4 aromatic rings. The third-order valence-corrected chi connectivity index (χ3v) is 5.16. The molecule has 0 atom stereocenters. The smallest absolute Gasteiger partial charge is 0.210 e. The van der Waals surface area contributed by atoms with E-state index in [0.717, 1.165) is 32.4 Å². The van der Waals surface area contributed by atoms with E-state index in [2.05, 4.69) is 17.1 Å². The summed E-state index contributed by atoms with van der Waals surface area (Å²) in [4.78, 5) is 10.5. The highest BCUT2D eigenvalue weighted by atomic mass is 35.5. The van der Waals surface area contributed by atoms with E-state index in [0.29, 0.717) is 5.02 Å². The van der Waals surface area contributed by atoms with Crippen molar-refractivity contribution in [2.45, 2.75) is 0 Å². The van der Waals surface area contributed by atoms with Crippen LogP contribution in [0.3, 0.4) is 0 Å². The van der Waals surface area contributed by atoms with Gasteiger partial charge in [-0.25, -0.2) is 9.98 Å². The lowest BCUT2D eigenvalue weighted by molar-refractivity contribution is 1.36. The predicted octanol–water partition coefficient (Wildman–Crippen LogP) is 6.88. The number of aliphatic imine (C=N–C) groups is 1. The normalized spacial score (nSPS) is 11.1. The molecule has 3 aromatic carbocycles. The minimum atomic E-state index is 0.715. The predicted molar refractivity (Wildman–Crippen MR) is 112 cm³/mol. The fourth-order valence-corrected chi connectivity index (χ4v) is 3.69. The first-order valence-electron chi connectivity index (χ1n) is 8.21. The summed E-state index contributed by atoms with van der Waals surface area (Å²) < 4.78 is 0. The first kappa shape index (κ1) is 16.7. The first-order valence-corrected chi connectivity index (χ1v) is 9.40. The van der Waals surface area contributed by atoms with Gasteiger partial charge < -0.3 is 0 Å². The number of hydrogen-bond acceptors (Lipinski definition) is 3. The van der Waals surface area contributed by atoms with Crippen LogP contribution in [0.2, 0.25) is 5.02 Å². The van der Waals surface area contributed by atoms with E-state index >= 15 is 0 Å². The van der Waals surface area contributed by atoms with Crippen molar-refractivity contribution in [3.8, 4) is 21.7 Å². The average molecular weight is 375 g/mol. The Morgan fingerprint density at radius 1 is 0.769 bits per heavy atom. The third-order valence-electron chi connectivity index (χ3n) is 3.89. The second-order valence-corrected chi connectivity index (χ2v) is 7.13. The molecule has 0 saturated carbocycles. The van der Waals surface area contributed by atoms with Gasteiger partial charge in [0.2, 0.25) is 5.13 Å². The molecule has 0 unspecified atom stereocenters.